The van der Waals surface area contributed by atoms with Gasteiger partial charge in [-0.1, -0.05) is 0 Å². The lowest BCUT2D eigenvalue weighted by Crippen LogP contribution is -2.51. The third-order valence-corrected chi connectivity index (χ3v) is 7.66. The van der Waals surface area contributed by atoms with Crippen LogP contribution in [0.2, 0.25) is 0 Å². The molecule has 2 aromatic carbocycles. The number of amides is 2. The van der Waals surface area contributed by atoms with Crippen molar-refractivity contribution in [3.05, 3.63) is 60.9 Å². The number of nitrogens with two attached hydrogens (primary N) is 1. The number of hydrogen-bond acceptors (Lipinski definition) is 9. The minimum absolute atomic E-state index is 0.0430. The third kappa shape index (κ3) is 5.44. The number of rotatable bonds is 7. The molecule has 0 spiro atoms. The zero-order valence-electron chi connectivity index (χ0n) is 22.1. The van der Waals surface area contributed by atoms with Crippen LogP contribution in [0.5, 0.6) is 0 Å². The number of nitrogens with zero attached hydrogens (tertiary/aromatic N) is 6. The molecule has 12 heteroatoms. The van der Waals surface area contributed by atoms with Gasteiger partial charge in [0, 0.05) is 67.4 Å². The Bertz CT molecular complexity index is 1480. The van der Waals surface area contributed by atoms with Gasteiger partial charge in [0.25, 0.3) is 0 Å². The molecule has 6 rings (SSSR count). The summed E-state index contributed by atoms with van der Waals surface area (Å²) in [4.78, 5) is 40.9. The van der Waals surface area contributed by atoms with Crippen LogP contribution in [0.3, 0.4) is 0 Å². The zero-order chi connectivity index (χ0) is 27.5. The van der Waals surface area contributed by atoms with E-state index in [0.717, 1.165) is 48.2 Å². The van der Waals surface area contributed by atoms with Crippen molar-refractivity contribution in [1.82, 2.24) is 30.0 Å². The van der Waals surface area contributed by atoms with E-state index in [-0.39, 0.29) is 17.7 Å². The number of anilines is 3. The van der Waals surface area contributed by atoms with Crippen LogP contribution in [0.15, 0.2) is 60.9 Å². The second-order valence-electron chi connectivity index (χ2n) is 10.2. The topological polar surface area (TPSA) is 148 Å². The highest BCUT2D eigenvalue weighted by atomic mass is 16.2. The minimum Gasteiger partial charge on any atom is -0.368 e. The van der Waals surface area contributed by atoms with Crippen LogP contribution in [-0.4, -0.2) is 87.6 Å². The number of carbonyl (C=O) groups excluding carboxylic acids is 2. The number of piperazine rings is 1. The van der Waals surface area contributed by atoms with Gasteiger partial charge in [-0.05, 0) is 61.5 Å². The largest absolute Gasteiger partial charge is 0.368 e. The number of carbonyl (C=O) groups is 2. The summed E-state index contributed by atoms with van der Waals surface area (Å²) in [7, 11) is 0. The normalized spacial score (nSPS) is 17.8. The Morgan fingerprint density at radius 2 is 1.77 bits per heavy atom. The van der Waals surface area contributed by atoms with Gasteiger partial charge in [0.2, 0.25) is 11.8 Å². The number of aromatic amines is 1. The lowest BCUT2D eigenvalue weighted by Gasteiger charge is -2.36. The van der Waals surface area contributed by atoms with Gasteiger partial charge in [0.05, 0.1) is 18.0 Å². The molecule has 40 heavy (non-hydrogen) atoms. The Morgan fingerprint density at radius 1 is 1.00 bits per heavy atom. The Labute approximate surface area is 231 Å². The average molecular weight is 541 g/mol. The molecular weight excluding hydrogens is 508 g/mol. The molecule has 206 valence electrons. The van der Waals surface area contributed by atoms with Gasteiger partial charge in [-0.25, -0.2) is 15.8 Å². The molecule has 0 aliphatic carbocycles. The van der Waals surface area contributed by atoms with Crippen molar-refractivity contribution in [3.63, 3.8) is 0 Å². The van der Waals surface area contributed by atoms with Crippen LogP contribution in [-0.2, 0) is 9.59 Å². The minimum atomic E-state index is -0.166. The highest BCUT2D eigenvalue weighted by Gasteiger charge is 2.31. The first-order chi connectivity index (χ1) is 19.6. The van der Waals surface area contributed by atoms with Gasteiger partial charge in [-0.3, -0.25) is 19.6 Å². The second kappa shape index (κ2) is 11.3. The zero-order valence-corrected chi connectivity index (χ0v) is 22.1. The predicted molar refractivity (Wildman–Crippen MR) is 153 cm³/mol. The van der Waals surface area contributed by atoms with E-state index >= 15 is 0 Å². The number of likely N-dealkylation sites (tertiary alicyclic amines) is 1. The van der Waals surface area contributed by atoms with Crippen LogP contribution in [0, 0.1) is 5.92 Å². The quantitative estimate of drug-likeness (QED) is 0.204. The molecule has 0 unspecified atom stereocenters. The van der Waals surface area contributed by atoms with E-state index in [1.54, 1.807) is 18.5 Å². The van der Waals surface area contributed by atoms with Crippen molar-refractivity contribution in [2.75, 3.05) is 61.5 Å². The summed E-state index contributed by atoms with van der Waals surface area (Å²) in [6, 6.07) is 15.6. The lowest BCUT2D eigenvalue weighted by molar-refractivity contribution is -0.132. The molecule has 12 nitrogen and oxygen atoms in total. The molecule has 2 aliphatic heterocycles. The standard InChI is InChI=1S/C28H32N10O2/c29-33-27-23-16-21(4-7-24(23)34-35-27)32-28(40)20-8-11-36(17-20)18-25(39)38-14-12-37(13-15-38)22-5-2-19(3-6-22)26-30-9-1-10-31-26/h1-7,9-10,16,20H,8,11-15,17-18,29H2,(H,32,40)(H2,33,34,35)/t20-/m1/s1. The van der Waals surface area contributed by atoms with E-state index in [1.165, 1.54) is 0 Å². The lowest BCUT2D eigenvalue weighted by atomic mass is 10.1. The van der Waals surface area contributed by atoms with Crippen molar-refractivity contribution in [1.29, 1.82) is 0 Å². The fourth-order valence-corrected chi connectivity index (χ4v) is 5.41. The van der Waals surface area contributed by atoms with E-state index in [2.05, 4.69) is 52.8 Å². The van der Waals surface area contributed by atoms with Crippen LogP contribution in [0.1, 0.15) is 6.42 Å². The molecule has 0 saturated carbocycles. The number of benzene rings is 2. The molecular formula is C28H32N10O2. The molecule has 0 radical (unpaired) electrons. The molecule has 1 atom stereocenters. The molecule has 2 amide bonds. The van der Waals surface area contributed by atoms with Gasteiger partial charge < -0.3 is 20.5 Å². The summed E-state index contributed by atoms with van der Waals surface area (Å²) < 4.78 is 0. The molecule has 2 aromatic heterocycles. The van der Waals surface area contributed by atoms with Crippen molar-refractivity contribution < 1.29 is 9.59 Å². The van der Waals surface area contributed by atoms with Crippen LogP contribution in [0.25, 0.3) is 22.3 Å². The predicted octanol–water partition coefficient (Wildman–Crippen LogP) is 1.91. The van der Waals surface area contributed by atoms with Gasteiger partial charge in [-0.2, -0.15) is 5.10 Å². The van der Waals surface area contributed by atoms with Crippen molar-refractivity contribution in [3.8, 4) is 11.4 Å². The van der Waals surface area contributed by atoms with E-state index in [9.17, 15) is 9.59 Å². The average Bonchev–Trinajstić information content (AvgIpc) is 3.64. The summed E-state index contributed by atoms with van der Waals surface area (Å²) in [6.45, 7) is 4.54. The fourth-order valence-electron chi connectivity index (χ4n) is 5.41. The maximum absolute atomic E-state index is 13.1. The van der Waals surface area contributed by atoms with Crippen LogP contribution < -0.4 is 21.5 Å². The molecule has 0 bridgehead atoms. The molecule has 5 N–H and O–H groups in total. The van der Waals surface area contributed by atoms with E-state index < -0.39 is 0 Å². The van der Waals surface area contributed by atoms with Crippen molar-refractivity contribution in [2.45, 2.75) is 6.42 Å². The molecule has 4 aromatic rings. The van der Waals surface area contributed by atoms with Gasteiger partial charge in [0.15, 0.2) is 11.6 Å². The third-order valence-electron chi connectivity index (χ3n) is 7.66. The molecule has 2 aliphatic rings. The first kappa shape index (κ1) is 25.7. The summed E-state index contributed by atoms with van der Waals surface area (Å²) in [6.07, 6.45) is 4.20. The Hall–Kier alpha value is -4.55. The van der Waals surface area contributed by atoms with E-state index in [1.807, 2.05) is 35.2 Å². The van der Waals surface area contributed by atoms with Crippen molar-refractivity contribution >= 4 is 39.9 Å². The van der Waals surface area contributed by atoms with Crippen LogP contribution in [0.4, 0.5) is 17.2 Å². The SMILES string of the molecule is NNc1n[nH]c2ccc(NC(=O)[C@@H]3CCN(CC(=O)N4CCN(c5ccc(-c6ncccn6)cc5)CC4)C3)cc12. The van der Waals surface area contributed by atoms with Crippen LogP contribution >= 0.6 is 0 Å². The number of fused-ring (bicyclic) bond motifs is 1. The summed E-state index contributed by atoms with van der Waals surface area (Å²) in [5.74, 6) is 6.65. The Balaban J connectivity index is 0.970. The van der Waals surface area contributed by atoms with Gasteiger partial charge in [-0.15, -0.1) is 0 Å². The first-order valence-corrected chi connectivity index (χ1v) is 13.5. The fraction of sp³-hybridized carbons (Fsp3) is 0.321. The summed E-state index contributed by atoms with van der Waals surface area (Å²) in [5.41, 5.74) is 6.17. The number of nitrogens with one attached hydrogen (secondary N) is 3. The number of aromatic nitrogens is 4. The number of nitrogen functional groups attached to an aromatic ring is 1. The highest BCUT2D eigenvalue weighted by molar-refractivity contribution is 5.98. The monoisotopic (exact) mass is 540 g/mol. The highest BCUT2D eigenvalue weighted by Crippen LogP contribution is 2.25. The van der Waals surface area contributed by atoms with Crippen molar-refractivity contribution in [2.24, 2.45) is 11.8 Å². The maximum atomic E-state index is 13.1. The van der Waals surface area contributed by atoms with E-state index in [0.29, 0.717) is 43.5 Å². The number of hydrazine groups is 1. The Morgan fingerprint density at radius 3 is 2.52 bits per heavy atom. The number of H-pyrrole nitrogens is 1. The second-order valence-corrected chi connectivity index (χ2v) is 10.2. The Kier molecular flexibility index (Phi) is 7.25. The van der Waals surface area contributed by atoms with Gasteiger partial charge in [0.1, 0.15) is 0 Å². The van der Waals surface area contributed by atoms with Gasteiger partial charge >= 0.3 is 0 Å². The molecule has 2 saturated heterocycles. The smallest absolute Gasteiger partial charge is 0.236 e. The number of hydrogen-bond donors (Lipinski definition) is 4. The first-order valence-electron chi connectivity index (χ1n) is 13.5. The molecule has 4 heterocycles. The molecule has 2 fully saturated rings. The summed E-state index contributed by atoms with van der Waals surface area (Å²) >= 11 is 0. The maximum Gasteiger partial charge on any atom is 0.236 e. The summed E-state index contributed by atoms with van der Waals surface area (Å²) in [5, 5.41) is 10.8. The van der Waals surface area contributed by atoms with E-state index in [4.69, 9.17) is 5.84 Å².